The summed E-state index contributed by atoms with van der Waals surface area (Å²) in [5, 5.41) is 25.2. The van der Waals surface area contributed by atoms with Gasteiger partial charge in [-0.3, -0.25) is 13.8 Å². The van der Waals surface area contributed by atoms with Crippen molar-refractivity contribution in [1.29, 1.82) is 15.8 Å². The molecule has 0 aromatic carbocycles. The Morgan fingerprint density at radius 1 is 0.885 bits per heavy atom. The molecule has 26 heavy (non-hydrogen) atoms. The molecule has 0 saturated carbocycles. The SMILES string of the molecule is CS(=O)(=O)OC(C(=O)OCC#N)C(CC(=O)OCC#N)C(=O)OCC#N. The van der Waals surface area contributed by atoms with Gasteiger partial charge < -0.3 is 14.2 Å². The van der Waals surface area contributed by atoms with E-state index in [1.165, 1.54) is 18.2 Å². The number of hydrogen-bond donors (Lipinski definition) is 0. The molecule has 0 fully saturated rings. The van der Waals surface area contributed by atoms with Gasteiger partial charge in [0.25, 0.3) is 10.1 Å². The van der Waals surface area contributed by atoms with Gasteiger partial charge in [0.2, 0.25) is 0 Å². The lowest BCUT2D eigenvalue weighted by atomic mass is 9.98. The van der Waals surface area contributed by atoms with Gasteiger partial charge in [-0.15, -0.1) is 0 Å². The molecule has 0 radical (unpaired) electrons. The third kappa shape index (κ3) is 9.17. The first-order chi connectivity index (χ1) is 12.2. The molecule has 2 atom stereocenters. The summed E-state index contributed by atoms with van der Waals surface area (Å²) in [4.78, 5) is 35.6. The Hall–Kier alpha value is -3.21. The highest BCUT2D eigenvalue weighted by molar-refractivity contribution is 7.86. The van der Waals surface area contributed by atoms with Crippen LogP contribution in [0.5, 0.6) is 0 Å². The second-order valence-corrected chi connectivity index (χ2v) is 5.98. The minimum Gasteiger partial charge on any atom is -0.450 e. The van der Waals surface area contributed by atoms with Crippen molar-refractivity contribution in [3.8, 4) is 18.2 Å². The van der Waals surface area contributed by atoms with E-state index < -0.39 is 66.3 Å². The fraction of sp³-hybridized carbons (Fsp3) is 0.538. The molecule has 13 heteroatoms. The molecule has 0 spiro atoms. The number of rotatable bonds is 10. The maximum Gasteiger partial charge on any atom is 0.338 e. The molecule has 2 unspecified atom stereocenters. The molecule has 0 aliphatic rings. The molecule has 0 rings (SSSR count). The van der Waals surface area contributed by atoms with Crippen LogP contribution in [0, 0.1) is 39.9 Å². The van der Waals surface area contributed by atoms with Crippen LogP contribution in [-0.2, 0) is 42.9 Å². The summed E-state index contributed by atoms with van der Waals surface area (Å²) in [5.41, 5.74) is 0. The first-order valence-electron chi connectivity index (χ1n) is 6.64. The minimum atomic E-state index is -4.31. The van der Waals surface area contributed by atoms with Crippen LogP contribution in [-0.4, -0.2) is 58.5 Å². The third-order valence-corrected chi connectivity index (χ3v) is 2.98. The smallest absolute Gasteiger partial charge is 0.338 e. The highest BCUT2D eigenvalue weighted by atomic mass is 32.2. The van der Waals surface area contributed by atoms with E-state index in [2.05, 4.69) is 18.4 Å². The van der Waals surface area contributed by atoms with Crippen molar-refractivity contribution < 1.29 is 41.2 Å². The first-order valence-corrected chi connectivity index (χ1v) is 8.46. The molecular weight excluding hydrogens is 374 g/mol. The maximum atomic E-state index is 12.0. The fourth-order valence-electron chi connectivity index (χ4n) is 1.52. The summed E-state index contributed by atoms with van der Waals surface area (Å²) in [7, 11) is -4.31. The zero-order valence-electron chi connectivity index (χ0n) is 13.4. The highest BCUT2D eigenvalue weighted by Crippen LogP contribution is 2.19. The molecule has 0 amide bonds. The van der Waals surface area contributed by atoms with E-state index >= 15 is 0 Å². The maximum absolute atomic E-state index is 12.0. The quantitative estimate of drug-likeness (QED) is 0.240. The third-order valence-electron chi connectivity index (χ3n) is 2.42. The van der Waals surface area contributed by atoms with Gasteiger partial charge in [-0.05, 0) is 0 Å². The summed E-state index contributed by atoms with van der Waals surface area (Å²) in [6.07, 6.45) is -2.50. The van der Waals surface area contributed by atoms with Crippen molar-refractivity contribution in [3.05, 3.63) is 0 Å². The Morgan fingerprint density at radius 3 is 1.81 bits per heavy atom. The summed E-state index contributed by atoms with van der Waals surface area (Å²) >= 11 is 0. The first kappa shape index (κ1) is 22.8. The normalized spacial score (nSPS) is 12.4. The molecule has 0 aromatic heterocycles. The van der Waals surface area contributed by atoms with Crippen LogP contribution in [0.25, 0.3) is 0 Å². The van der Waals surface area contributed by atoms with E-state index in [4.69, 9.17) is 15.8 Å². The van der Waals surface area contributed by atoms with Crippen molar-refractivity contribution in [1.82, 2.24) is 0 Å². The molecule has 12 nitrogen and oxygen atoms in total. The van der Waals surface area contributed by atoms with Crippen molar-refractivity contribution >= 4 is 28.0 Å². The molecule has 0 saturated heterocycles. The van der Waals surface area contributed by atoms with Gasteiger partial charge in [0.15, 0.2) is 25.9 Å². The van der Waals surface area contributed by atoms with Crippen LogP contribution in [0.2, 0.25) is 0 Å². The van der Waals surface area contributed by atoms with Crippen molar-refractivity contribution in [2.45, 2.75) is 12.5 Å². The topological polar surface area (TPSA) is 194 Å². The summed E-state index contributed by atoms with van der Waals surface area (Å²) < 4.78 is 40.6. The van der Waals surface area contributed by atoms with E-state index in [1.807, 2.05) is 0 Å². The van der Waals surface area contributed by atoms with E-state index in [0.717, 1.165) is 0 Å². The Labute approximate surface area is 148 Å². The Bertz CT molecular complexity index is 757. The number of esters is 3. The average molecular weight is 387 g/mol. The number of hydrogen-bond acceptors (Lipinski definition) is 12. The largest absolute Gasteiger partial charge is 0.450 e. The molecule has 0 aliphatic carbocycles. The highest BCUT2D eigenvalue weighted by Gasteiger charge is 2.41. The van der Waals surface area contributed by atoms with Gasteiger partial charge in [-0.1, -0.05) is 0 Å². The van der Waals surface area contributed by atoms with Crippen LogP contribution in [0.1, 0.15) is 6.42 Å². The van der Waals surface area contributed by atoms with E-state index in [0.29, 0.717) is 6.26 Å². The van der Waals surface area contributed by atoms with Gasteiger partial charge >= 0.3 is 17.9 Å². The van der Waals surface area contributed by atoms with Crippen molar-refractivity contribution in [3.63, 3.8) is 0 Å². The second-order valence-electron chi connectivity index (χ2n) is 4.38. The Morgan fingerprint density at radius 2 is 1.35 bits per heavy atom. The zero-order valence-corrected chi connectivity index (χ0v) is 14.2. The minimum absolute atomic E-state index is 0.573. The second kappa shape index (κ2) is 11.4. The van der Waals surface area contributed by atoms with Crippen LogP contribution in [0.15, 0.2) is 0 Å². The fourth-order valence-corrected chi connectivity index (χ4v) is 2.11. The number of carbonyl (C=O) groups is 3. The van der Waals surface area contributed by atoms with Gasteiger partial charge in [0, 0.05) is 0 Å². The summed E-state index contributed by atoms with van der Waals surface area (Å²) in [6, 6.07) is 4.42. The molecule has 0 heterocycles. The molecule has 140 valence electrons. The van der Waals surface area contributed by atoms with Gasteiger partial charge in [-0.2, -0.15) is 24.2 Å². The van der Waals surface area contributed by atoms with Crippen LogP contribution >= 0.6 is 0 Å². The van der Waals surface area contributed by atoms with E-state index in [9.17, 15) is 22.8 Å². The molecule has 0 N–H and O–H groups in total. The summed E-state index contributed by atoms with van der Waals surface area (Å²) in [6.45, 7) is -2.18. The molecule has 0 aliphatic heterocycles. The Kier molecular flexibility index (Phi) is 9.96. The lowest BCUT2D eigenvalue weighted by Crippen LogP contribution is -2.42. The number of nitriles is 3. The van der Waals surface area contributed by atoms with Crippen LogP contribution < -0.4 is 0 Å². The Balaban J connectivity index is 5.66. The lowest BCUT2D eigenvalue weighted by Gasteiger charge is -2.22. The summed E-state index contributed by atoms with van der Waals surface area (Å²) in [5.74, 6) is -5.75. The van der Waals surface area contributed by atoms with E-state index in [-0.39, 0.29) is 0 Å². The molecule has 0 bridgehead atoms. The van der Waals surface area contributed by atoms with E-state index in [1.54, 1.807) is 0 Å². The predicted octanol–water partition coefficient (Wildman–Crippen LogP) is -1.46. The van der Waals surface area contributed by atoms with Crippen molar-refractivity contribution in [2.24, 2.45) is 5.92 Å². The molecule has 0 aromatic rings. The van der Waals surface area contributed by atoms with Crippen LogP contribution in [0.3, 0.4) is 0 Å². The molecular formula is C13H13N3O9S. The standard InChI is InChI=1S/C13H13N3O9S/c1-26(20,21)25-11(13(19)24-7-4-16)9(12(18)23-6-3-15)8-10(17)22-5-2-14/h9,11H,5-8H2,1H3. The zero-order chi connectivity index (χ0) is 20.2. The lowest BCUT2D eigenvalue weighted by molar-refractivity contribution is -0.166. The monoisotopic (exact) mass is 387 g/mol. The number of nitrogens with zero attached hydrogens (tertiary/aromatic N) is 3. The average Bonchev–Trinajstić information content (AvgIpc) is 2.57. The van der Waals surface area contributed by atoms with Crippen LogP contribution in [0.4, 0.5) is 0 Å². The van der Waals surface area contributed by atoms with Gasteiger partial charge in [-0.25, -0.2) is 4.79 Å². The van der Waals surface area contributed by atoms with Gasteiger partial charge in [0.1, 0.15) is 24.1 Å². The van der Waals surface area contributed by atoms with Gasteiger partial charge in [0.05, 0.1) is 12.7 Å². The predicted molar refractivity (Wildman–Crippen MR) is 77.5 cm³/mol. The number of carbonyl (C=O) groups excluding carboxylic acids is 3. The van der Waals surface area contributed by atoms with Crippen molar-refractivity contribution in [2.75, 3.05) is 26.1 Å². The number of ether oxygens (including phenoxy) is 3.